The average molecular weight is 349 g/mol. The van der Waals surface area contributed by atoms with Crippen molar-refractivity contribution in [2.75, 3.05) is 5.32 Å². The molecule has 110 valence electrons. The zero-order valence-corrected chi connectivity index (χ0v) is 13.6. The number of pyridine rings is 1. The van der Waals surface area contributed by atoms with Crippen LogP contribution in [-0.2, 0) is 0 Å². The first kappa shape index (κ1) is 14.3. The monoisotopic (exact) mass is 348 g/mol. The van der Waals surface area contributed by atoms with Gasteiger partial charge in [0, 0.05) is 22.4 Å². The summed E-state index contributed by atoms with van der Waals surface area (Å²) in [5.41, 5.74) is 1.42. The van der Waals surface area contributed by atoms with Crippen LogP contribution in [0.15, 0.2) is 28.9 Å². The Bertz CT molecular complexity index is 678. The van der Waals surface area contributed by atoms with Gasteiger partial charge in [0.2, 0.25) is 0 Å². The van der Waals surface area contributed by atoms with Gasteiger partial charge in [-0.3, -0.25) is 9.48 Å². The van der Waals surface area contributed by atoms with Crippen molar-refractivity contribution in [3.05, 3.63) is 40.3 Å². The third-order valence-corrected chi connectivity index (χ3v) is 4.47. The summed E-state index contributed by atoms with van der Waals surface area (Å²) in [6, 6.07) is 5.85. The highest BCUT2D eigenvalue weighted by Crippen LogP contribution is 2.39. The van der Waals surface area contributed by atoms with E-state index in [1.54, 1.807) is 18.3 Å². The zero-order chi connectivity index (χ0) is 15.0. The maximum atomic E-state index is 12.2. The SMILES string of the molecule is Cc1cc(NC(=O)c2ncccc2Br)nn1C(C)C1CC1. The lowest BCUT2D eigenvalue weighted by molar-refractivity contribution is 0.102. The summed E-state index contributed by atoms with van der Waals surface area (Å²) < 4.78 is 2.67. The van der Waals surface area contributed by atoms with E-state index in [-0.39, 0.29) is 5.91 Å². The summed E-state index contributed by atoms with van der Waals surface area (Å²) in [5.74, 6) is 1.03. The van der Waals surface area contributed by atoms with E-state index in [0.29, 0.717) is 22.0 Å². The highest BCUT2D eigenvalue weighted by molar-refractivity contribution is 9.10. The Morgan fingerprint density at radius 2 is 2.29 bits per heavy atom. The summed E-state index contributed by atoms with van der Waals surface area (Å²) in [7, 11) is 0. The molecule has 6 heteroatoms. The van der Waals surface area contributed by atoms with Crippen molar-refractivity contribution in [2.45, 2.75) is 32.7 Å². The number of nitrogens with one attached hydrogen (secondary N) is 1. The quantitative estimate of drug-likeness (QED) is 0.918. The average Bonchev–Trinajstić information content (AvgIpc) is 3.23. The third-order valence-electron chi connectivity index (χ3n) is 3.83. The fourth-order valence-electron chi connectivity index (χ4n) is 2.47. The first-order valence-electron chi connectivity index (χ1n) is 7.04. The number of carbonyl (C=O) groups is 1. The lowest BCUT2D eigenvalue weighted by Crippen LogP contribution is -2.16. The van der Waals surface area contributed by atoms with Gasteiger partial charge in [0.05, 0.1) is 6.04 Å². The van der Waals surface area contributed by atoms with Crippen LogP contribution in [0.3, 0.4) is 0 Å². The number of hydrogen-bond donors (Lipinski definition) is 1. The maximum Gasteiger partial charge on any atom is 0.276 e. The molecule has 0 radical (unpaired) electrons. The summed E-state index contributed by atoms with van der Waals surface area (Å²) in [6.07, 6.45) is 4.13. The molecule has 2 aromatic rings. The van der Waals surface area contributed by atoms with Gasteiger partial charge in [0.15, 0.2) is 5.82 Å². The first-order chi connectivity index (χ1) is 10.1. The molecule has 1 aliphatic rings. The van der Waals surface area contributed by atoms with Crippen molar-refractivity contribution in [2.24, 2.45) is 5.92 Å². The van der Waals surface area contributed by atoms with Crippen LogP contribution in [0.5, 0.6) is 0 Å². The van der Waals surface area contributed by atoms with E-state index in [1.165, 1.54) is 12.8 Å². The Kier molecular flexibility index (Phi) is 3.80. The normalized spacial score (nSPS) is 15.8. The number of nitrogens with zero attached hydrogens (tertiary/aromatic N) is 3. The second-order valence-corrected chi connectivity index (χ2v) is 6.34. The number of halogens is 1. The molecule has 0 aliphatic heterocycles. The van der Waals surface area contributed by atoms with Crippen LogP contribution in [0.25, 0.3) is 0 Å². The highest BCUT2D eigenvalue weighted by Gasteiger charge is 2.30. The molecule has 1 saturated carbocycles. The second-order valence-electron chi connectivity index (χ2n) is 5.48. The van der Waals surface area contributed by atoms with Crippen LogP contribution < -0.4 is 5.32 Å². The smallest absolute Gasteiger partial charge is 0.276 e. The molecular weight excluding hydrogens is 332 g/mol. The number of carbonyl (C=O) groups excluding carboxylic acids is 1. The third kappa shape index (κ3) is 3.00. The Hall–Kier alpha value is -1.69. The molecule has 0 bridgehead atoms. The lowest BCUT2D eigenvalue weighted by atomic mass is 10.2. The summed E-state index contributed by atoms with van der Waals surface area (Å²) in [6.45, 7) is 4.19. The molecule has 21 heavy (non-hydrogen) atoms. The number of rotatable bonds is 4. The minimum atomic E-state index is -0.258. The fourth-order valence-corrected chi connectivity index (χ4v) is 2.90. The van der Waals surface area contributed by atoms with Crippen molar-refractivity contribution in [3.8, 4) is 0 Å². The van der Waals surface area contributed by atoms with E-state index in [9.17, 15) is 4.79 Å². The van der Waals surface area contributed by atoms with E-state index in [1.807, 2.05) is 17.7 Å². The van der Waals surface area contributed by atoms with Gasteiger partial charge < -0.3 is 5.32 Å². The fraction of sp³-hybridized carbons (Fsp3) is 0.400. The molecule has 2 heterocycles. The van der Waals surface area contributed by atoms with Crippen molar-refractivity contribution in [1.82, 2.24) is 14.8 Å². The number of aryl methyl sites for hydroxylation is 1. The zero-order valence-electron chi connectivity index (χ0n) is 12.0. The molecule has 0 aromatic carbocycles. The molecule has 1 fully saturated rings. The topological polar surface area (TPSA) is 59.8 Å². The minimum Gasteiger partial charge on any atom is -0.304 e. The largest absolute Gasteiger partial charge is 0.304 e. The van der Waals surface area contributed by atoms with Gasteiger partial charge in [-0.15, -0.1) is 0 Å². The lowest BCUT2D eigenvalue weighted by Gasteiger charge is -2.12. The predicted molar refractivity (Wildman–Crippen MR) is 84.3 cm³/mol. The number of anilines is 1. The van der Waals surface area contributed by atoms with Crippen LogP contribution in [0.2, 0.25) is 0 Å². The van der Waals surface area contributed by atoms with Crippen LogP contribution in [-0.4, -0.2) is 20.7 Å². The minimum absolute atomic E-state index is 0.258. The van der Waals surface area contributed by atoms with E-state index in [0.717, 1.165) is 11.6 Å². The Labute approximate surface area is 131 Å². The van der Waals surface area contributed by atoms with Crippen molar-refractivity contribution >= 4 is 27.7 Å². The van der Waals surface area contributed by atoms with Gasteiger partial charge in [-0.25, -0.2) is 4.98 Å². The van der Waals surface area contributed by atoms with Crippen LogP contribution in [0.1, 0.15) is 42.0 Å². The molecule has 1 atom stereocenters. The Balaban J connectivity index is 1.77. The van der Waals surface area contributed by atoms with Gasteiger partial charge in [-0.1, -0.05) is 0 Å². The summed E-state index contributed by atoms with van der Waals surface area (Å²) in [4.78, 5) is 16.3. The van der Waals surface area contributed by atoms with Gasteiger partial charge in [-0.2, -0.15) is 5.10 Å². The second kappa shape index (κ2) is 5.60. The Morgan fingerprint density at radius 1 is 1.52 bits per heavy atom. The molecule has 0 spiro atoms. The van der Waals surface area contributed by atoms with Gasteiger partial charge in [-0.05, 0) is 60.7 Å². The number of aromatic nitrogens is 3. The number of hydrogen-bond acceptors (Lipinski definition) is 3. The van der Waals surface area contributed by atoms with E-state index in [2.05, 4.69) is 38.3 Å². The van der Waals surface area contributed by atoms with Crippen LogP contribution in [0, 0.1) is 12.8 Å². The maximum absolute atomic E-state index is 12.2. The van der Waals surface area contributed by atoms with Crippen molar-refractivity contribution in [3.63, 3.8) is 0 Å². The molecule has 5 nitrogen and oxygen atoms in total. The van der Waals surface area contributed by atoms with E-state index < -0.39 is 0 Å². The Morgan fingerprint density at radius 3 is 2.95 bits per heavy atom. The van der Waals surface area contributed by atoms with Gasteiger partial charge >= 0.3 is 0 Å². The van der Waals surface area contributed by atoms with Gasteiger partial charge in [0.25, 0.3) is 5.91 Å². The van der Waals surface area contributed by atoms with Crippen molar-refractivity contribution in [1.29, 1.82) is 0 Å². The highest BCUT2D eigenvalue weighted by atomic mass is 79.9. The van der Waals surface area contributed by atoms with Crippen LogP contribution in [0.4, 0.5) is 5.82 Å². The molecule has 0 saturated heterocycles. The molecule has 1 unspecified atom stereocenters. The molecule has 2 aromatic heterocycles. The van der Waals surface area contributed by atoms with Gasteiger partial charge in [0.1, 0.15) is 5.69 Å². The first-order valence-corrected chi connectivity index (χ1v) is 7.83. The standard InChI is InChI=1S/C15H17BrN4O/c1-9-8-13(19-20(9)10(2)11-5-6-11)18-15(21)14-12(16)4-3-7-17-14/h3-4,7-8,10-11H,5-6H2,1-2H3,(H,18,19,21). The predicted octanol–water partition coefficient (Wildman–Crippen LogP) is 3.57. The summed E-state index contributed by atoms with van der Waals surface area (Å²) >= 11 is 3.33. The summed E-state index contributed by atoms with van der Waals surface area (Å²) in [5, 5.41) is 7.32. The molecule has 1 N–H and O–H groups in total. The number of amides is 1. The van der Waals surface area contributed by atoms with E-state index >= 15 is 0 Å². The molecule has 3 rings (SSSR count). The van der Waals surface area contributed by atoms with E-state index in [4.69, 9.17) is 0 Å². The molecule has 1 aliphatic carbocycles. The van der Waals surface area contributed by atoms with Crippen LogP contribution >= 0.6 is 15.9 Å². The molecular formula is C15H17BrN4O. The van der Waals surface area contributed by atoms with Crippen molar-refractivity contribution < 1.29 is 4.79 Å². The molecule has 1 amide bonds.